The quantitative estimate of drug-likeness (QED) is 0.335. The van der Waals surface area contributed by atoms with Gasteiger partial charge in [-0.05, 0) is 25.8 Å². The number of aliphatic hydroxyl groups is 1. The second kappa shape index (κ2) is 8.94. The van der Waals surface area contributed by atoms with Crippen LogP contribution >= 0.6 is 0 Å². The number of amides is 1. The number of carbonyl (C=O) groups excluding carboxylic acids is 1. The van der Waals surface area contributed by atoms with Crippen molar-refractivity contribution in [1.82, 2.24) is 10.6 Å². The molecule has 0 aromatic carbocycles. The molecule has 0 bridgehead atoms. The smallest absolute Gasteiger partial charge is 0.246 e. The first-order valence-electron chi connectivity index (χ1n) is 8.77. The molecule has 3 N–H and O–H groups in total. The van der Waals surface area contributed by atoms with E-state index < -0.39 is 6.23 Å². The van der Waals surface area contributed by atoms with Crippen LogP contribution in [0.25, 0.3) is 0 Å². The molecular formula is C19H34N2O4. The summed E-state index contributed by atoms with van der Waals surface area (Å²) in [5.74, 6) is -0.145. The lowest BCUT2D eigenvalue weighted by Crippen LogP contribution is -2.54. The zero-order valence-electron chi connectivity index (χ0n) is 16.3. The predicted molar refractivity (Wildman–Crippen MR) is 98.8 cm³/mol. The van der Waals surface area contributed by atoms with E-state index in [-0.39, 0.29) is 23.0 Å². The van der Waals surface area contributed by atoms with E-state index in [0.717, 1.165) is 6.42 Å². The van der Waals surface area contributed by atoms with E-state index in [1.165, 1.54) is 0 Å². The average molecular weight is 354 g/mol. The summed E-state index contributed by atoms with van der Waals surface area (Å²) in [5.41, 5.74) is 0.601. The third-order valence-electron chi connectivity index (χ3n) is 4.70. The summed E-state index contributed by atoms with van der Waals surface area (Å²) in [6.45, 7) is 19.0. The van der Waals surface area contributed by atoms with Gasteiger partial charge in [-0.1, -0.05) is 33.9 Å². The number of rotatable bonds is 9. The van der Waals surface area contributed by atoms with Gasteiger partial charge in [0.2, 0.25) is 5.91 Å². The maximum atomic E-state index is 11.7. The highest BCUT2D eigenvalue weighted by molar-refractivity contribution is 5.92. The summed E-state index contributed by atoms with van der Waals surface area (Å²) >= 11 is 0. The van der Waals surface area contributed by atoms with Gasteiger partial charge in [-0.2, -0.15) is 0 Å². The number of hydrogen-bond acceptors (Lipinski definition) is 5. The number of hydrogen-bond donors (Lipinski definition) is 3. The molecule has 1 aliphatic rings. The lowest BCUT2D eigenvalue weighted by atomic mass is 9.84. The van der Waals surface area contributed by atoms with E-state index in [1.807, 2.05) is 13.8 Å². The Morgan fingerprint density at radius 3 is 2.32 bits per heavy atom. The minimum absolute atomic E-state index is 0.145. The normalized spacial score (nSPS) is 25.3. The fourth-order valence-corrected chi connectivity index (χ4v) is 2.51. The molecular weight excluding hydrogens is 320 g/mol. The monoisotopic (exact) mass is 354 g/mol. The number of ether oxygens (including phenoxy) is 2. The number of carbonyl (C=O) groups is 1. The van der Waals surface area contributed by atoms with Crippen molar-refractivity contribution in [3.05, 3.63) is 24.3 Å². The molecule has 0 aliphatic carbocycles. The fourth-order valence-electron chi connectivity index (χ4n) is 2.51. The Morgan fingerprint density at radius 2 is 1.88 bits per heavy atom. The van der Waals surface area contributed by atoms with Crippen molar-refractivity contribution in [3.63, 3.8) is 0 Å². The van der Waals surface area contributed by atoms with Gasteiger partial charge in [0.1, 0.15) is 6.23 Å². The van der Waals surface area contributed by atoms with E-state index in [1.54, 1.807) is 13.8 Å². The van der Waals surface area contributed by atoms with Crippen LogP contribution in [0, 0.1) is 10.8 Å². The van der Waals surface area contributed by atoms with E-state index in [9.17, 15) is 9.90 Å². The van der Waals surface area contributed by atoms with Crippen LogP contribution in [0.4, 0.5) is 0 Å². The highest BCUT2D eigenvalue weighted by Crippen LogP contribution is 2.34. The zero-order valence-corrected chi connectivity index (χ0v) is 16.3. The summed E-state index contributed by atoms with van der Waals surface area (Å²) in [5, 5.41) is 15.8. The van der Waals surface area contributed by atoms with Gasteiger partial charge in [-0.15, -0.1) is 0 Å². The summed E-state index contributed by atoms with van der Waals surface area (Å²) in [6.07, 6.45) is -0.285. The summed E-state index contributed by atoms with van der Waals surface area (Å²) < 4.78 is 12.0. The Kier molecular flexibility index (Phi) is 7.81. The molecule has 1 amide bonds. The number of aliphatic hydroxyl groups excluding tert-OH is 1. The Balaban J connectivity index is 2.58. The van der Waals surface area contributed by atoms with Crippen LogP contribution in [-0.4, -0.2) is 49.8 Å². The molecule has 1 atom stereocenters. The molecule has 1 rings (SSSR count). The summed E-state index contributed by atoms with van der Waals surface area (Å²) in [6, 6.07) is 0. The molecule has 6 heteroatoms. The molecule has 1 saturated heterocycles. The number of nitrogens with one attached hydrogen (secondary N) is 2. The molecule has 1 aliphatic heterocycles. The van der Waals surface area contributed by atoms with Crippen molar-refractivity contribution >= 4 is 5.91 Å². The Labute approximate surface area is 151 Å². The van der Waals surface area contributed by atoms with E-state index in [4.69, 9.17) is 9.47 Å². The van der Waals surface area contributed by atoms with Crippen molar-refractivity contribution in [1.29, 1.82) is 0 Å². The van der Waals surface area contributed by atoms with Crippen molar-refractivity contribution in [2.45, 2.75) is 53.6 Å². The van der Waals surface area contributed by atoms with E-state index >= 15 is 0 Å². The van der Waals surface area contributed by atoms with Crippen molar-refractivity contribution < 1.29 is 19.4 Å². The van der Waals surface area contributed by atoms with Crippen LogP contribution in [0.5, 0.6) is 0 Å². The molecule has 25 heavy (non-hydrogen) atoms. The third kappa shape index (κ3) is 6.22. The minimum atomic E-state index is -0.741. The van der Waals surface area contributed by atoms with E-state index in [2.05, 4.69) is 30.7 Å². The Morgan fingerprint density at radius 1 is 1.32 bits per heavy atom. The van der Waals surface area contributed by atoms with Gasteiger partial charge in [0.25, 0.3) is 0 Å². The minimum Gasteiger partial charge on any atom is -0.375 e. The standard InChI is InChI=1S/C19H34N2O4/c1-8-19(10-21-16(23)14(4)5)11-24-17(25-12-19)18(6,7)9-20-15(22)13(2)3/h15,17,20,22H,2,4,8-12H2,1,3,5-7H3,(H,21,23). The van der Waals surface area contributed by atoms with E-state index in [0.29, 0.717) is 37.4 Å². The molecule has 6 nitrogen and oxygen atoms in total. The molecule has 1 fully saturated rings. The summed E-state index contributed by atoms with van der Waals surface area (Å²) in [7, 11) is 0. The van der Waals surface area contributed by atoms with Crippen LogP contribution in [0.1, 0.15) is 41.0 Å². The molecule has 0 radical (unpaired) electrons. The van der Waals surface area contributed by atoms with Crippen molar-refractivity contribution in [2.24, 2.45) is 10.8 Å². The molecule has 144 valence electrons. The lowest BCUT2D eigenvalue weighted by Gasteiger charge is -2.44. The predicted octanol–water partition coefficient (Wildman–Crippen LogP) is 1.96. The second-order valence-corrected chi connectivity index (χ2v) is 7.89. The van der Waals surface area contributed by atoms with Crippen LogP contribution in [-0.2, 0) is 14.3 Å². The van der Waals surface area contributed by atoms with Crippen molar-refractivity contribution in [3.8, 4) is 0 Å². The van der Waals surface area contributed by atoms with Gasteiger partial charge < -0.3 is 19.9 Å². The van der Waals surface area contributed by atoms with Gasteiger partial charge in [-0.25, -0.2) is 0 Å². The van der Waals surface area contributed by atoms with Gasteiger partial charge in [0, 0.05) is 29.5 Å². The maximum absolute atomic E-state index is 11.7. The lowest BCUT2D eigenvalue weighted by molar-refractivity contribution is -0.268. The Bertz CT molecular complexity index is 494. The van der Waals surface area contributed by atoms with Crippen LogP contribution in [0.15, 0.2) is 24.3 Å². The highest BCUT2D eigenvalue weighted by Gasteiger charge is 2.41. The van der Waals surface area contributed by atoms with Crippen LogP contribution in [0.2, 0.25) is 0 Å². The molecule has 0 saturated carbocycles. The van der Waals surface area contributed by atoms with Gasteiger partial charge in [0.15, 0.2) is 6.29 Å². The molecule has 1 unspecified atom stereocenters. The topological polar surface area (TPSA) is 79.8 Å². The van der Waals surface area contributed by atoms with Gasteiger partial charge >= 0.3 is 0 Å². The fraction of sp³-hybridized carbons (Fsp3) is 0.737. The zero-order chi connectivity index (χ0) is 19.3. The molecule has 0 aromatic rings. The van der Waals surface area contributed by atoms with Crippen LogP contribution < -0.4 is 10.6 Å². The first kappa shape index (κ1) is 21.8. The van der Waals surface area contributed by atoms with Gasteiger partial charge in [0.05, 0.1) is 13.2 Å². The molecule has 0 spiro atoms. The third-order valence-corrected chi connectivity index (χ3v) is 4.70. The maximum Gasteiger partial charge on any atom is 0.246 e. The SMILES string of the molecule is C=C(C)C(=O)NCC1(CC)COC(C(C)(C)CNC(O)C(=C)C)OC1. The van der Waals surface area contributed by atoms with Gasteiger partial charge in [-0.3, -0.25) is 10.1 Å². The van der Waals surface area contributed by atoms with Crippen LogP contribution in [0.3, 0.4) is 0 Å². The Hall–Kier alpha value is -1.21. The molecule has 0 aromatic heterocycles. The largest absolute Gasteiger partial charge is 0.375 e. The second-order valence-electron chi connectivity index (χ2n) is 7.89. The summed E-state index contributed by atoms with van der Waals surface area (Å²) in [4.78, 5) is 11.7. The van der Waals surface area contributed by atoms with Crippen molar-refractivity contribution in [2.75, 3.05) is 26.3 Å². The first-order chi connectivity index (χ1) is 11.5. The molecule has 1 heterocycles. The first-order valence-corrected chi connectivity index (χ1v) is 8.77. The average Bonchev–Trinajstić information content (AvgIpc) is 2.57. The highest BCUT2D eigenvalue weighted by atomic mass is 16.7.